The third kappa shape index (κ3) is 5.09. The molecule has 148 valence electrons. The molecule has 1 saturated heterocycles. The second-order valence-corrected chi connectivity index (χ2v) is 8.86. The van der Waals surface area contributed by atoms with Gasteiger partial charge in [-0.15, -0.1) is 6.58 Å². The first-order chi connectivity index (χ1) is 13.5. The number of rotatable bonds is 7. The molecule has 0 aliphatic carbocycles. The van der Waals surface area contributed by atoms with Crippen LogP contribution in [0.5, 0.6) is 0 Å². The van der Waals surface area contributed by atoms with Crippen molar-refractivity contribution in [2.75, 3.05) is 19.6 Å². The van der Waals surface area contributed by atoms with Crippen molar-refractivity contribution < 1.29 is 13.2 Å². The smallest absolute Gasteiger partial charge is 0.253 e. The average molecular weight is 399 g/mol. The number of amides is 1. The van der Waals surface area contributed by atoms with Crippen molar-refractivity contribution in [1.29, 1.82) is 0 Å². The van der Waals surface area contributed by atoms with Crippen LogP contribution in [0.2, 0.25) is 0 Å². The molecule has 0 saturated carbocycles. The number of hydrogen-bond donors (Lipinski definition) is 1. The maximum absolute atomic E-state index is 12.9. The Balaban J connectivity index is 1.62. The quantitative estimate of drug-likeness (QED) is 0.728. The van der Waals surface area contributed by atoms with E-state index < -0.39 is 10.0 Å². The normalized spacial score (nSPS) is 15.4. The Bertz CT molecular complexity index is 918. The summed E-state index contributed by atoms with van der Waals surface area (Å²) in [6.45, 7) is 5.05. The lowest BCUT2D eigenvalue weighted by molar-refractivity contribution is 0.0690. The van der Waals surface area contributed by atoms with E-state index in [-0.39, 0.29) is 17.3 Å². The van der Waals surface area contributed by atoms with Gasteiger partial charge in [0.15, 0.2) is 0 Å². The van der Waals surface area contributed by atoms with Crippen molar-refractivity contribution in [3.8, 4) is 0 Å². The highest BCUT2D eigenvalue weighted by molar-refractivity contribution is 7.89. The minimum absolute atomic E-state index is 0.0964. The van der Waals surface area contributed by atoms with E-state index in [9.17, 15) is 13.2 Å². The fraction of sp³-hybridized carbons (Fsp3) is 0.318. The summed E-state index contributed by atoms with van der Waals surface area (Å²) < 4.78 is 27.0. The van der Waals surface area contributed by atoms with Gasteiger partial charge in [0.25, 0.3) is 5.91 Å². The van der Waals surface area contributed by atoms with E-state index >= 15 is 0 Å². The van der Waals surface area contributed by atoms with Gasteiger partial charge in [0.2, 0.25) is 10.0 Å². The standard InChI is InChI=1S/C22H26N2O3S/c1-2-13-23-28(26,27)21-10-6-9-20(17-21)22(25)24-14-11-19(12-15-24)16-18-7-4-3-5-8-18/h2-10,17,19,23H,1,11-16H2. The molecule has 5 nitrogen and oxygen atoms in total. The molecule has 0 radical (unpaired) electrons. The van der Waals surface area contributed by atoms with Gasteiger partial charge in [0.05, 0.1) is 4.90 Å². The van der Waals surface area contributed by atoms with Crippen LogP contribution >= 0.6 is 0 Å². The van der Waals surface area contributed by atoms with Crippen LogP contribution in [0.15, 0.2) is 72.1 Å². The highest BCUT2D eigenvalue weighted by Gasteiger charge is 2.24. The van der Waals surface area contributed by atoms with E-state index in [0.717, 1.165) is 19.3 Å². The maximum Gasteiger partial charge on any atom is 0.253 e. The molecule has 1 aliphatic heterocycles. The first kappa shape index (κ1) is 20.3. The van der Waals surface area contributed by atoms with Gasteiger partial charge in [0, 0.05) is 25.2 Å². The second-order valence-electron chi connectivity index (χ2n) is 7.09. The summed E-state index contributed by atoms with van der Waals surface area (Å²) >= 11 is 0. The predicted molar refractivity (Wildman–Crippen MR) is 111 cm³/mol. The van der Waals surface area contributed by atoms with Crippen LogP contribution in [-0.2, 0) is 16.4 Å². The van der Waals surface area contributed by atoms with Gasteiger partial charge in [-0.3, -0.25) is 4.79 Å². The topological polar surface area (TPSA) is 66.5 Å². The lowest BCUT2D eigenvalue weighted by Crippen LogP contribution is -2.39. The molecule has 0 aromatic heterocycles. The summed E-state index contributed by atoms with van der Waals surface area (Å²) in [6.07, 6.45) is 4.43. The first-order valence-electron chi connectivity index (χ1n) is 9.53. The summed E-state index contributed by atoms with van der Waals surface area (Å²) in [6, 6.07) is 16.6. The lowest BCUT2D eigenvalue weighted by Gasteiger charge is -2.32. The van der Waals surface area contributed by atoms with E-state index in [4.69, 9.17) is 0 Å². The molecule has 28 heavy (non-hydrogen) atoms. The molecular weight excluding hydrogens is 372 g/mol. The van der Waals surface area contributed by atoms with E-state index in [1.807, 2.05) is 11.0 Å². The Hall–Kier alpha value is -2.44. The van der Waals surface area contributed by atoms with Gasteiger partial charge in [-0.05, 0) is 48.9 Å². The molecule has 1 heterocycles. The monoisotopic (exact) mass is 398 g/mol. The molecule has 6 heteroatoms. The zero-order chi connectivity index (χ0) is 20.0. The molecule has 1 amide bonds. The number of hydrogen-bond acceptors (Lipinski definition) is 3. The molecule has 0 unspecified atom stereocenters. The zero-order valence-corrected chi connectivity index (χ0v) is 16.7. The highest BCUT2D eigenvalue weighted by Crippen LogP contribution is 2.23. The van der Waals surface area contributed by atoms with Crippen LogP contribution in [0, 0.1) is 5.92 Å². The Kier molecular flexibility index (Phi) is 6.65. The molecule has 0 atom stereocenters. The fourth-order valence-corrected chi connectivity index (χ4v) is 4.56. The number of sulfonamides is 1. The van der Waals surface area contributed by atoms with Crippen LogP contribution in [0.3, 0.4) is 0 Å². The highest BCUT2D eigenvalue weighted by atomic mass is 32.2. The summed E-state index contributed by atoms with van der Waals surface area (Å²) in [4.78, 5) is 14.8. The van der Waals surface area contributed by atoms with Crippen molar-refractivity contribution in [2.45, 2.75) is 24.2 Å². The Morgan fingerprint density at radius 1 is 1.11 bits per heavy atom. The number of benzene rings is 2. The van der Waals surface area contributed by atoms with Gasteiger partial charge < -0.3 is 4.90 Å². The van der Waals surface area contributed by atoms with Crippen molar-refractivity contribution in [3.05, 3.63) is 78.4 Å². The largest absolute Gasteiger partial charge is 0.339 e. The van der Waals surface area contributed by atoms with Crippen LogP contribution in [-0.4, -0.2) is 38.9 Å². The molecule has 0 spiro atoms. The maximum atomic E-state index is 12.9. The number of carbonyl (C=O) groups excluding carboxylic acids is 1. The third-order valence-electron chi connectivity index (χ3n) is 5.08. The van der Waals surface area contributed by atoms with Crippen LogP contribution in [0.4, 0.5) is 0 Å². The van der Waals surface area contributed by atoms with E-state index in [2.05, 4.69) is 35.6 Å². The van der Waals surface area contributed by atoms with E-state index in [1.165, 1.54) is 23.8 Å². The van der Waals surface area contributed by atoms with Crippen molar-refractivity contribution >= 4 is 15.9 Å². The van der Waals surface area contributed by atoms with Gasteiger partial charge in [-0.25, -0.2) is 13.1 Å². The minimum atomic E-state index is -3.64. The average Bonchev–Trinajstić information content (AvgIpc) is 2.73. The van der Waals surface area contributed by atoms with Crippen molar-refractivity contribution in [3.63, 3.8) is 0 Å². The Labute approximate surface area is 167 Å². The number of nitrogens with one attached hydrogen (secondary N) is 1. The second kappa shape index (κ2) is 9.17. The third-order valence-corrected chi connectivity index (χ3v) is 6.50. The first-order valence-corrected chi connectivity index (χ1v) is 11.0. The number of likely N-dealkylation sites (tertiary alicyclic amines) is 1. The predicted octanol–water partition coefficient (Wildman–Crippen LogP) is 3.25. The van der Waals surface area contributed by atoms with Gasteiger partial charge in [-0.1, -0.05) is 42.5 Å². The summed E-state index contributed by atoms with van der Waals surface area (Å²) in [7, 11) is -3.64. The van der Waals surface area contributed by atoms with Crippen LogP contribution in [0.1, 0.15) is 28.8 Å². The van der Waals surface area contributed by atoms with E-state index in [1.54, 1.807) is 12.1 Å². The SMILES string of the molecule is C=CCNS(=O)(=O)c1cccc(C(=O)N2CCC(Cc3ccccc3)CC2)c1. The molecule has 1 aliphatic rings. The molecular formula is C22H26N2O3S. The Morgan fingerprint density at radius 3 is 2.50 bits per heavy atom. The fourth-order valence-electron chi connectivity index (χ4n) is 3.52. The summed E-state index contributed by atoms with van der Waals surface area (Å²) in [5, 5.41) is 0. The summed E-state index contributed by atoms with van der Waals surface area (Å²) in [5.74, 6) is 0.459. The number of piperidine rings is 1. The van der Waals surface area contributed by atoms with Crippen molar-refractivity contribution in [2.24, 2.45) is 5.92 Å². The lowest BCUT2D eigenvalue weighted by atomic mass is 9.90. The number of carbonyl (C=O) groups is 1. The van der Waals surface area contributed by atoms with Gasteiger partial charge in [-0.2, -0.15) is 0 Å². The van der Waals surface area contributed by atoms with Gasteiger partial charge >= 0.3 is 0 Å². The van der Waals surface area contributed by atoms with Crippen LogP contribution < -0.4 is 4.72 Å². The molecule has 2 aromatic carbocycles. The molecule has 1 N–H and O–H groups in total. The van der Waals surface area contributed by atoms with Crippen molar-refractivity contribution in [1.82, 2.24) is 9.62 Å². The summed E-state index contributed by atoms with van der Waals surface area (Å²) in [5.41, 5.74) is 1.74. The molecule has 3 rings (SSSR count). The molecule has 0 bridgehead atoms. The zero-order valence-electron chi connectivity index (χ0n) is 15.9. The van der Waals surface area contributed by atoms with E-state index in [0.29, 0.717) is 24.6 Å². The Morgan fingerprint density at radius 2 is 1.82 bits per heavy atom. The van der Waals surface area contributed by atoms with Gasteiger partial charge in [0.1, 0.15) is 0 Å². The molecule has 2 aromatic rings. The number of nitrogens with zero attached hydrogens (tertiary/aromatic N) is 1. The minimum Gasteiger partial charge on any atom is -0.339 e. The van der Waals surface area contributed by atoms with Crippen LogP contribution in [0.25, 0.3) is 0 Å². The molecule has 1 fully saturated rings.